The van der Waals surface area contributed by atoms with Crippen molar-refractivity contribution in [3.05, 3.63) is 71.7 Å². The Morgan fingerprint density at radius 3 is 2.80 bits per heavy atom. The van der Waals surface area contributed by atoms with Gasteiger partial charge in [0.1, 0.15) is 5.82 Å². The van der Waals surface area contributed by atoms with Crippen molar-refractivity contribution in [2.75, 3.05) is 18.4 Å². The molecule has 0 spiro atoms. The summed E-state index contributed by atoms with van der Waals surface area (Å²) in [6, 6.07) is 14.2. The molecule has 3 aromatic rings. The molecule has 1 aliphatic rings. The van der Waals surface area contributed by atoms with E-state index in [-0.39, 0.29) is 0 Å². The number of aromatic nitrogens is 3. The standard InChI is InChI=1S/C20H21N5/c1-2-6-16(7-3-1)19-24-18-14-22-11-9-17(18)20(25-19)23-12-8-15-5-4-10-21-13-15/h1-7,10,13,22H,8-9,11-12,14H2,(H,23,24,25). The smallest absolute Gasteiger partial charge is 0.161 e. The Labute approximate surface area is 147 Å². The first-order valence-electron chi connectivity index (χ1n) is 8.69. The fraction of sp³-hybridized carbons (Fsp3) is 0.250. The first kappa shape index (κ1) is 15.7. The van der Waals surface area contributed by atoms with Crippen LogP contribution in [0.5, 0.6) is 0 Å². The van der Waals surface area contributed by atoms with Crippen molar-refractivity contribution in [3.63, 3.8) is 0 Å². The Balaban J connectivity index is 1.59. The quantitative estimate of drug-likeness (QED) is 0.753. The molecule has 1 aliphatic heterocycles. The maximum absolute atomic E-state index is 4.82. The largest absolute Gasteiger partial charge is 0.369 e. The number of hydrogen-bond acceptors (Lipinski definition) is 5. The first-order valence-corrected chi connectivity index (χ1v) is 8.69. The highest BCUT2D eigenvalue weighted by Crippen LogP contribution is 2.24. The second-order valence-electron chi connectivity index (χ2n) is 6.15. The molecule has 0 aliphatic carbocycles. The van der Waals surface area contributed by atoms with Crippen molar-refractivity contribution in [3.8, 4) is 11.4 Å². The second-order valence-corrected chi connectivity index (χ2v) is 6.15. The maximum Gasteiger partial charge on any atom is 0.161 e. The van der Waals surface area contributed by atoms with Gasteiger partial charge in [0.25, 0.3) is 0 Å². The molecule has 0 unspecified atom stereocenters. The van der Waals surface area contributed by atoms with E-state index in [2.05, 4.69) is 33.8 Å². The van der Waals surface area contributed by atoms with Gasteiger partial charge in [0, 0.05) is 36.6 Å². The van der Waals surface area contributed by atoms with Gasteiger partial charge in [-0.3, -0.25) is 4.98 Å². The predicted molar refractivity (Wildman–Crippen MR) is 99.3 cm³/mol. The highest BCUT2D eigenvalue weighted by Gasteiger charge is 2.18. The molecule has 2 N–H and O–H groups in total. The van der Waals surface area contributed by atoms with Crippen LogP contribution in [0, 0.1) is 0 Å². The van der Waals surface area contributed by atoms with E-state index in [1.165, 1.54) is 11.1 Å². The summed E-state index contributed by atoms with van der Waals surface area (Å²) in [7, 11) is 0. The molecule has 1 aromatic carbocycles. The van der Waals surface area contributed by atoms with Crippen molar-refractivity contribution in [2.45, 2.75) is 19.4 Å². The van der Waals surface area contributed by atoms with Gasteiger partial charge < -0.3 is 10.6 Å². The maximum atomic E-state index is 4.82. The van der Waals surface area contributed by atoms with Crippen LogP contribution in [0.4, 0.5) is 5.82 Å². The zero-order valence-corrected chi connectivity index (χ0v) is 14.1. The molecule has 0 bridgehead atoms. The number of anilines is 1. The minimum Gasteiger partial charge on any atom is -0.369 e. The Kier molecular flexibility index (Phi) is 4.65. The zero-order chi connectivity index (χ0) is 16.9. The number of benzene rings is 1. The van der Waals surface area contributed by atoms with E-state index < -0.39 is 0 Å². The van der Waals surface area contributed by atoms with E-state index in [1.54, 1.807) is 6.20 Å². The van der Waals surface area contributed by atoms with Crippen molar-refractivity contribution < 1.29 is 0 Å². The van der Waals surface area contributed by atoms with Crippen molar-refractivity contribution >= 4 is 5.82 Å². The van der Waals surface area contributed by atoms with E-state index in [9.17, 15) is 0 Å². The minimum atomic E-state index is 0.784. The average molecular weight is 331 g/mol. The molecular formula is C20H21N5. The van der Waals surface area contributed by atoms with Crippen molar-refractivity contribution in [1.82, 2.24) is 20.3 Å². The molecule has 4 rings (SSSR count). The highest BCUT2D eigenvalue weighted by atomic mass is 15.1. The summed E-state index contributed by atoms with van der Waals surface area (Å²) in [5, 5.41) is 6.93. The Hall–Kier alpha value is -2.79. The first-order chi connectivity index (χ1) is 12.4. The Morgan fingerprint density at radius 1 is 1.04 bits per heavy atom. The van der Waals surface area contributed by atoms with Crippen molar-refractivity contribution in [2.24, 2.45) is 0 Å². The molecule has 0 amide bonds. The molecule has 0 atom stereocenters. The van der Waals surface area contributed by atoms with E-state index >= 15 is 0 Å². The summed E-state index contributed by atoms with van der Waals surface area (Å²) < 4.78 is 0. The Morgan fingerprint density at radius 2 is 1.96 bits per heavy atom. The van der Waals surface area contributed by atoms with Crippen LogP contribution in [-0.2, 0) is 19.4 Å². The third-order valence-corrected chi connectivity index (χ3v) is 4.40. The van der Waals surface area contributed by atoms with E-state index in [1.807, 2.05) is 30.5 Å². The van der Waals surface area contributed by atoms with Gasteiger partial charge in [-0.2, -0.15) is 0 Å². The molecule has 2 aromatic heterocycles. The summed E-state index contributed by atoms with van der Waals surface area (Å²) in [4.78, 5) is 13.8. The summed E-state index contributed by atoms with van der Waals surface area (Å²) in [6.45, 7) is 2.60. The van der Waals surface area contributed by atoms with Crippen LogP contribution in [0.1, 0.15) is 16.8 Å². The van der Waals surface area contributed by atoms with Gasteiger partial charge in [-0.05, 0) is 31.0 Å². The third-order valence-electron chi connectivity index (χ3n) is 4.40. The molecule has 0 saturated carbocycles. The van der Waals surface area contributed by atoms with Gasteiger partial charge in [-0.1, -0.05) is 36.4 Å². The molecule has 0 radical (unpaired) electrons. The number of hydrogen-bond donors (Lipinski definition) is 2. The van der Waals surface area contributed by atoms with E-state index in [4.69, 9.17) is 9.97 Å². The van der Waals surface area contributed by atoms with Crippen LogP contribution >= 0.6 is 0 Å². The summed E-state index contributed by atoms with van der Waals surface area (Å²) in [5.74, 6) is 1.75. The lowest BCUT2D eigenvalue weighted by Gasteiger charge is -2.20. The monoisotopic (exact) mass is 331 g/mol. The number of nitrogens with one attached hydrogen (secondary N) is 2. The van der Waals surface area contributed by atoms with Crippen LogP contribution in [-0.4, -0.2) is 28.0 Å². The van der Waals surface area contributed by atoms with Gasteiger partial charge in [-0.15, -0.1) is 0 Å². The van der Waals surface area contributed by atoms with E-state index in [0.717, 1.165) is 55.4 Å². The van der Waals surface area contributed by atoms with Gasteiger partial charge >= 0.3 is 0 Å². The van der Waals surface area contributed by atoms with Crippen LogP contribution < -0.4 is 10.6 Å². The van der Waals surface area contributed by atoms with Gasteiger partial charge in [0.15, 0.2) is 5.82 Å². The van der Waals surface area contributed by atoms with Crippen LogP contribution in [0.3, 0.4) is 0 Å². The lowest BCUT2D eigenvalue weighted by Crippen LogP contribution is -2.27. The van der Waals surface area contributed by atoms with Crippen molar-refractivity contribution in [1.29, 1.82) is 0 Å². The highest BCUT2D eigenvalue weighted by molar-refractivity contribution is 5.60. The molecular weight excluding hydrogens is 310 g/mol. The van der Waals surface area contributed by atoms with Crippen LogP contribution in [0.15, 0.2) is 54.9 Å². The molecule has 5 nitrogen and oxygen atoms in total. The minimum absolute atomic E-state index is 0.784. The third kappa shape index (κ3) is 3.67. The van der Waals surface area contributed by atoms with Gasteiger partial charge in [0.05, 0.1) is 5.69 Å². The molecule has 126 valence electrons. The topological polar surface area (TPSA) is 62.7 Å². The fourth-order valence-electron chi connectivity index (χ4n) is 3.09. The summed E-state index contributed by atoms with van der Waals surface area (Å²) in [5.41, 5.74) is 4.61. The molecule has 3 heterocycles. The normalized spacial score (nSPS) is 13.3. The SMILES string of the molecule is c1ccc(-c2nc3c(c(NCCc4cccnc4)n2)CCNC3)cc1. The molecule has 0 fully saturated rings. The number of pyridine rings is 1. The Bertz CT molecular complexity index is 833. The van der Waals surface area contributed by atoms with Gasteiger partial charge in [-0.25, -0.2) is 9.97 Å². The summed E-state index contributed by atoms with van der Waals surface area (Å²) >= 11 is 0. The lowest BCUT2D eigenvalue weighted by molar-refractivity contribution is 0.625. The number of fused-ring (bicyclic) bond motifs is 1. The zero-order valence-electron chi connectivity index (χ0n) is 14.1. The predicted octanol–water partition coefficient (Wildman–Crippen LogP) is 2.84. The lowest BCUT2D eigenvalue weighted by atomic mass is 10.1. The van der Waals surface area contributed by atoms with Gasteiger partial charge in [0.2, 0.25) is 0 Å². The number of rotatable bonds is 5. The average Bonchev–Trinajstić information content (AvgIpc) is 2.69. The molecule has 25 heavy (non-hydrogen) atoms. The fourth-order valence-corrected chi connectivity index (χ4v) is 3.09. The summed E-state index contributed by atoms with van der Waals surface area (Å²) in [6.07, 6.45) is 5.60. The van der Waals surface area contributed by atoms with Crippen LogP contribution in [0.2, 0.25) is 0 Å². The molecule has 0 saturated heterocycles. The second kappa shape index (κ2) is 7.40. The molecule has 5 heteroatoms. The number of nitrogens with zero attached hydrogens (tertiary/aromatic N) is 3. The van der Waals surface area contributed by atoms with E-state index in [0.29, 0.717) is 0 Å². The van der Waals surface area contributed by atoms with Crippen LogP contribution in [0.25, 0.3) is 11.4 Å².